The number of phenols is 1. The van der Waals surface area contributed by atoms with E-state index in [9.17, 15) is 14.7 Å². The van der Waals surface area contributed by atoms with Gasteiger partial charge in [-0.05, 0) is 31.2 Å². The summed E-state index contributed by atoms with van der Waals surface area (Å²) in [6, 6.07) is 7.32. The van der Waals surface area contributed by atoms with E-state index in [-0.39, 0.29) is 5.56 Å². The van der Waals surface area contributed by atoms with Crippen LogP contribution < -0.4 is 10.6 Å². The molecule has 110 valence electrons. The second-order valence-corrected chi connectivity index (χ2v) is 5.73. The summed E-state index contributed by atoms with van der Waals surface area (Å²) in [5.41, 5.74) is 0.104. The average Bonchev–Trinajstić information content (AvgIpc) is 2.82. The van der Waals surface area contributed by atoms with Gasteiger partial charge in [-0.2, -0.15) is 0 Å². The lowest BCUT2D eigenvalue weighted by Crippen LogP contribution is -2.27. The summed E-state index contributed by atoms with van der Waals surface area (Å²) in [7, 11) is 0. The van der Waals surface area contributed by atoms with Crippen LogP contribution in [0.4, 0.5) is 10.5 Å². The van der Waals surface area contributed by atoms with Gasteiger partial charge in [0.15, 0.2) is 0 Å². The molecule has 0 bridgehead atoms. The van der Waals surface area contributed by atoms with E-state index in [1.165, 1.54) is 23.1 Å². The zero-order valence-electron chi connectivity index (χ0n) is 11.2. The van der Waals surface area contributed by atoms with Crippen LogP contribution in [0.25, 0.3) is 0 Å². The predicted octanol–water partition coefficient (Wildman–Crippen LogP) is 2.78. The summed E-state index contributed by atoms with van der Waals surface area (Å²) in [4.78, 5) is 24.7. The van der Waals surface area contributed by atoms with Crippen LogP contribution in [-0.4, -0.2) is 22.2 Å². The number of amides is 2. The van der Waals surface area contributed by atoms with Gasteiger partial charge in [0.2, 0.25) is 0 Å². The molecule has 0 spiro atoms. The molecule has 6 nitrogen and oxygen atoms in total. The number of rotatable bonds is 4. The van der Waals surface area contributed by atoms with Crippen LogP contribution >= 0.6 is 11.3 Å². The number of urea groups is 1. The number of hydrogen-bond acceptors (Lipinski definition) is 4. The molecule has 0 saturated heterocycles. The molecule has 7 heteroatoms. The number of hydrogen-bond donors (Lipinski definition) is 4. The number of carbonyl (C=O) groups excluding carboxylic acids is 1. The van der Waals surface area contributed by atoms with E-state index in [4.69, 9.17) is 5.11 Å². The van der Waals surface area contributed by atoms with Gasteiger partial charge in [-0.15, -0.1) is 11.3 Å². The molecule has 0 radical (unpaired) electrons. The van der Waals surface area contributed by atoms with Crippen LogP contribution in [0.2, 0.25) is 0 Å². The number of benzene rings is 1. The van der Waals surface area contributed by atoms with Gasteiger partial charge in [0, 0.05) is 21.5 Å². The summed E-state index contributed by atoms with van der Waals surface area (Å²) in [5, 5.41) is 23.5. The molecule has 0 aliphatic heterocycles. The van der Waals surface area contributed by atoms with E-state index in [0.717, 1.165) is 4.88 Å². The molecule has 21 heavy (non-hydrogen) atoms. The Hall–Kier alpha value is -2.54. The molecule has 0 saturated carbocycles. The van der Waals surface area contributed by atoms with Gasteiger partial charge >= 0.3 is 12.0 Å². The fraction of sp³-hybridized carbons (Fsp3) is 0.143. The Labute approximate surface area is 125 Å². The van der Waals surface area contributed by atoms with Crippen LogP contribution in [0.3, 0.4) is 0 Å². The molecular weight excluding hydrogens is 292 g/mol. The standard InChI is InChI=1S/C14H14N2O4S/c1-8-2-4-10(21-8)7-15-14(20)16-9-3-5-11(13(18)19)12(17)6-9/h2-6,17H,7H2,1H3,(H,18,19)(H2,15,16,20). The molecule has 2 rings (SSSR count). The van der Waals surface area contributed by atoms with Crippen molar-refractivity contribution in [1.29, 1.82) is 0 Å². The van der Waals surface area contributed by atoms with Crippen LogP contribution in [0, 0.1) is 6.92 Å². The highest BCUT2D eigenvalue weighted by Gasteiger charge is 2.10. The molecule has 0 aliphatic rings. The van der Waals surface area contributed by atoms with Gasteiger partial charge in [-0.1, -0.05) is 0 Å². The summed E-state index contributed by atoms with van der Waals surface area (Å²) in [5.74, 6) is -1.62. The van der Waals surface area contributed by atoms with E-state index in [0.29, 0.717) is 12.2 Å². The summed E-state index contributed by atoms with van der Waals surface area (Å²) < 4.78 is 0. The second kappa shape index (κ2) is 6.27. The molecule has 2 aromatic rings. The van der Waals surface area contributed by atoms with E-state index in [1.54, 1.807) is 11.3 Å². The molecule has 0 aliphatic carbocycles. The second-order valence-electron chi connectivity index (χ2n) is 4.36. The van der Waals surface area contributed by atoms with Crippen LogP contribution in [0.5, 0.6) is 5.75 Å². The number of anilines is 1. The number of carboxylic acids is 1. The maximum Gasteiger partial charge on any atom is 0.339 e. The van der Waals surface area contributed by atoms with Gasteiger partial charge < -0.3 is 20.8 Å². The molecule has 0 unspecified atom stereocenters. The smallest absolute Gasteiger partial charge is 0.339 e. The minimum atomic E-state index is -1.23. The highest BCUT2D eigenvalue weighted by atomic mass is 32.1. The van der Waals surface area contributed by atoms with Crippen molar-refractivity contribution in [3.8, 4) is 5.75 Å². The lowest BCUT2D eigenvalue weighted by molar-refractivity contribution is 0.0694. The van der Waals surface area contributed by atoms with Gasteiger partial charge in [0.25, 0.3) is 0 Å². The quantitative estimate of drug-likeness (QED) is 0.698. The summed E-state index contributed by atoms with van der Waals surface area (Å²) in [6.07, 6.45) is 0. The first-order valence-electron chi connectivity index (χ1n) is 6.12. The van der Waals surface area contributed by atoms with Gasteiger partial charge in [0.05, 0.1) is 6.54 Å². The minimum Gasteiger partial charge on any atom is -0.507 e. The number of aryl methyl sites for hydroxylation is 1. The first-order valence-corrected chi connectivity index (χ1v) is 6.94. The Bertz CT molecular complexity index is 681. The Morgan fingerprint density at radius 2 is 2.00 bits per heavy atom. The maximum absolute atomic E-state index is 11.7. The van der Waals surface area contributed by atoms with Crippen molar-refractivity contribution in [3.63, 3.8) is 0 Å². The zero-order valence-corrected chi connectivity index (χ0v) is 12.0. The molecule has 1 aromatic carbocycles. The first-order chi connectivity index (χ1) is 9.95. The van der Waals surface area contributed by atoms with Crippen molar-refractivity contribution in [1.82, 2.24) is 5.32 Å². The van der Waals surface area contributed by atoms with Crippen LogP contribution in [-0.2, 0) is 6.54 Å². The normalized spacial score (nSPS) is 10.1. The fourth-order valence-electron chi connectivity index (χ4n) is 1.71. The van der Waals surface area contributed by atoms with Crippen LogP contribution in [0.1, 0.15) is 20.1 Å². The highest BCUT2D eigenvalue weighted by molar-refractivity contribution is 7.11. The van der Waals surface area contributed by atoms with Crippen molar-refractivity contribution >= 4 is 29.0 Å². The maximum atomic E-state index is 11.7. The Balaban J connectivity index is 1.93. The molecule has 1 aromatic heterocycles. The van der Waals surface area contributed by atoms with Crippen molar-refractivity contribution in [3.05, 3.63) is 45.6 Å². The number of aromatic hydroxyl groups is 1. The number of aromatic carboxylic acids is 1. The van der Waals surface area contributed by atoms with Crippen LogP contribution in [0.15, 0.2) is 30.3 Å². The third-order valence-electron chi connectivity index (χ3n) is 2.71. The molecule has 4 N–H and O–H groups in total. The largest absolute Gasteiger partial charge is 0.507 e. The van der Waals surface area contributed by atoms with Crippen molar-refractivity contribution < 1.29 is 19.8 Å². The van der Waals surface area contributed by atoms with Gasteiger partial charge in [-0.25, -0.2) is 9.59 Å². The van der Waals surface area contributed by atoms with Crippen molar-refractivity contribution in [2.75, 3.05) is 5.32 Å². The van der Waals surface area contributed by atoms with Crippen molar-refractivity contribution in [2.24, 2.45) is 0 Å². The monoisotopic (exact) mass is 306 g/mol. The SMILES string of the molecule is Cc1ccc(CNC(=O)Nc2ccc(C(=O)O)c(O)c2)s1. The molecule has 0 atom stereocenters. The minimum absolute atomic E-state index is 0.213. The zero-order chi connectivity index (χ0) is 15.4. The lowest BCUT2D eigenvalue weighted by atomic mass is 10.2. The molecule has 2 amide bonds. The summed E-state index contributed by atoms with van der Waals surface area (Å²) >= 11 is 1.60. The number of carbonyl (C=O) groups is 2. The van der Waals surface area contributed by atoms with E-state index < -0.39 is 17.7 Å². The Morgan fingerprint density at radius 3 is 2.57 bits per heavy atom. The average molecular weight is 306 g/mol. The Morgan fingerprint density at radius 1 is 1.24 bits per heavy atom. The number of thiophene rings is 1. The lowest BCUT2D eigenvalue weighted by Gasteiger charge is -2.08. The van der Waals surface area contributed by atoms with Gasteiger partial charge in [-0.3, -0.25) is 0 Å². The molecule has 1 heterocycles. The van der Waals surface area contributed by atoms with E-state index >= 15 is 0 Å². The fourth-order valence-corrected chi connectivity index (χ4v) is 2.54. The third-order valence-corrected chi connectivity index (χ3v) is 3.71. The number of carboxylic acid groups (broad SMARTS) is 1. The van der Waals surface area contributed by atoms with Gasteiger partial charge in [0.1, 0.15) is 11.3 Å². The summed E-state index contributed by atoms with van der Waals surface area (Å²) in [6.45, 7) is 2.39. The predicted molar refractivity (Wildman–Crippen MR) is 80.0 cm³/mol. The van der Waals surface area contributed by atoms with E-state index in [1.807, 2.05) is 19.1 Å². The highest BCUT2D eigenvalue weighted by Crippen LogP contribution is 2.22. The number of nitrogens with one attached hydrogen (secondary N) is 2. The first kappa shape index (κ1) is 14.9. The topological polar surface area (TPSA) is 98.7 Å². The Kier molecular flexibility index (Phi) is 4.44. The van der Waals surface area contributed by atoms with E-state index in [2.05, 4.69) is 10.6 Å². The molecule has 0 fully saturated rings. The molecular formula is C14H14N2O4S. The van der Waals surface area contributed by atoms with Crippen molar-refractivity contribution in [2.45, 2.75) is 13.5 Å². The third kappa shape index (κ3) is 3.96.